The minimum atomic E-state index is 0.593. The number of aliphatic imine (C=N–C) groups is 1. The molecule has 0 saturated carbocycles. The lowest BCUT2D eigenvalue weighted by Gasteiger charge is -2.07. The molecule has 0 aliphatic carbocycles. The Hall–Kier alpha value is -1.15. The Morgan fingerprint density at radius 2 is 2.06 bits per heavy atom. The topological polar surface area (TPSA) is 38.4 Å². The van der Waals surface area contributed by atoms with Gasteiger partial charge in [-0.05, 0) is 43.4 Å². The molecule has 0 radical (unpaired) electrons. The van der Waals surface area contributed by atoms with Crippen molar-refractivity contribution in [2.24, 2.45) is 16.6 Å². The average Bonchev–Trinajstić information content (AvgIpc) is 2.19. The zero-order valence-corrected chi connectivity index (χ0v) is 10.7. The van der Waals surface area contributed by atoms with Crippen LogP contribution < -0.4 is 5.73 Å². The minimum Gasteiger partial charge on any atom is -0.326 e. The normalized spacial score (nSPS) is 12.2. The second kappa shape index (κ2) is 5.80. The summed E-state index contributed by atoms with van der Waals surface area (Å²) in [5.41, 5.74) is 10.2. The van der Waals surface area contributed by atoms with Gasteiger partial charge in [-0.15, -0.1) is 0 Å². The average molecular weight is 218 g/mol. The highest BCUT2D eigenvalue weighted by molar-refractivity contribution is 5.85. The number of nitrogens with two attached hydrogens (primary N) is 1. The van der Waals surface area contributed by atoms with Crippen molar-refractivity contribution < 1.29 is 0 Å². The first kappa shape index (κ1) is 12.9. The van der Waals surface area contributed by atoms with Gasteiger partial charge in [0.15, 0.2) is 0 Å². The SMILES string of the molecule is CC(CC(C)C)=Nc1ccc(CN)cc1C. The van der Waals surface area contributed by atoms with Crippen molar-refractivity contribution in [2.75, 3.05) is 0 Å². The first-order valence-corrected chi connectivity index (χ1v) is 5.86. The van der Waals surface area contributed by atoms with Gasteiger partial charge in [-0.1, -0.05) is 26.0 Å². The monoisotopic (exact) mass is 218 g/mol. The van der Waals surface area contributed by atoms with Crippen LogP contribution in [0.3, 0.4) is 0 Å². The first-order chi connectivity index (χ1) is 7.52. The third-order valence-corrected chi connectivity index (χ3v) is 2.51. The molecule has 1 rings (SSSR count). The fourth-order valence-corrected chi connectivity index (χ4v) is 1.81. The summed E-state index contributed by atoms with van der Waals surface area (Å²) in [4.78, 5) is 4.65. The van der Waals surface area contributed by atoms with Crippen LogP contribution in [0, 0.1) is 12.8 Å². The lowest BCUT2D eigenvalue weighted by Crippen LogP contribution is -1.98. The molecule has 0 fully saturated rings. The van der Waals surface area contributed by atoms with Crippen LogP contribution in [0.25, 0.3) is 0 Å². The van der Waals surface area contributed by atoms with E-state index in [1.54, 1.807) is 0 Å². The predicted octanol–water partition coefficient (Wildman–Crippen LogP) is 3.59. The van der Waals surface area contributed by atoms with E-state index in [2.05, 4.69) is 50.9 Å². The summed E-state index contributed by atoms with van der Waals surface area (Å²) >= 11 is 0. The van der Waals surface area contributed by atoms with Crippen LogP contribution in [0.5, 0.6) is 0 Å². The van der Waals surface area contributed by atoms with Gasteiger partial charge in [-0.25, -0.2) is 0 Å². The molecule has 0 unspecified atom stereocenters. The number of benzene rings is 1. The molecule has 0 aliphatic rings. The summed E-state index contributed by atoms with van der Waals surface area (Å²) in [5.74, 6) is 0.660. The van der Waals surface area contributed by atoms with E-state index in [1.807, 2.05) is 0 Å². The highest BCUT2D eigenvalue weighted by Gasteiger charge is 2.01. The van der Waals surface area contributed by atoms with Gasteiger partial charge in [-0.3, -0.25) is 4.99 Å². The van der Waals surface area contributed by atoms with Crippen LogP contribution in [0.15, 0.2) is 23.2 Å². The number of hydrogen-bond acceptors (Lipinski definition) is 2. The smallest absolute Gasteiger partial charge is 0.0658 e. The fourth-order valence-electron chi connectivity index (χ4n) is 1.81. The van der Waals surface area contributed by atoms with E-state index in [-0.39, 0.29) is 0 Å². The fraction of sp³-hybridized carbons (Fsp3) is 0.500. The number of hydrogen-bond donors (Lipinski definition) is 1. The van der Waals surface area contributed by atoms with Gasteiger partial charge in [0.25, 0.3) is 0 Å². The molecular weight excluding hydrogens is 196 g/mol. The standard InChI is InChI=1S/C14H22N2/c1-10(2)7-12(4)16-14-6-5-13(9-15)8-11(14)3/h5-6,8,10H,7,9,15H2,1-4H3. The Morgan fingerprint density at radius 1 is 1.38 bits per heavy atom. The third-order valence-electron chi connectivity index (χ3n) is 2.51. The lowest BCUT2D eigenvalue weighted by atomic mass is 10.1. The molecule has 0 aromatic heterocycles. The van der Waals surface area contributed by atoms with Crippen molar-refractivity contribution in [1.29, 1.82) is 0 Å². The highest BCUT2D eigenvalue weighted by atomic mass is 14.7. The molecule has 0 amide bonds. The molecule has 1 aromatic carbocycles. The van der Waals surface area contributed by atoms with Gasteiger partial charge in [0.05, 0.1) is 5.69 Å². The quantitative estimate of drug-likeness (QED) is 0.770. The van der Waals surface area contributed by atoms with Crippen LogP contribution in [0.1, 0.15) is 38.3 Å². The molecule has 0 atom stereocenters. The molecule has 2 N–H and O–H groups in total. The molecule has 16 heavy (non-hydrogen) atoms. The van der Waals surface area contributed by atoms with E-state index in [1.165, 1.54) is 11.3 Å². The van der Waals surface area contributed by atoms with Gasteiger partial charge in [0.2, 0.25) is 0 Å². The molecule has 2 heteroatoms. The third kappa shape index (κ3) is 3.78. The lowest BCUT2D eigenvalue weighted by molar-refractivity contribution is 0.682. The van der Waals surface area contributed by atoms with Crippen molar-refractivity contribution in [2.45, 2.75) is 40.7 Å². The van der Waals surface area contributed by atoms with E-state index in [9.17, 15) is 0 Å². The molecule has 0 heterocycles. The summed E-state index contributed by atoms with van der Waals surface area (Å²) in [6.45, 7) is 9.19. The molecule has 0 aliphatic heterocycles. The van der Waals surface area contributed by atoms with E-state index in [0.717, 1.165) is 17.7 Å². The van der Waals surface area contributed by atoms with Gasteiger partial charge in [0.1, 0.15) is 0 Å². The molecule has 1 aromatic rings. The van der Waals surface area contributed by atoms with Crippen LogP contribution in [0.2, 0.25) is 0 Å². The van der Waals surface area contributed by atoms with E-state index >= 15 is 0 Å². The largest absolute Gasteiger partial charge is 0.326 e. The predicted molar refractivity (Wildman–Crippen MR) is 71.3 cm³/mol. The van der Waals surface area contributed by atoms with Crippen LogP contribution >= 0.6 is 0 Å². The maximum atomic E-state index is 5.60. The van der Waals surface area contributed by atoms with E-state index in [4.69, 9.17) is 5.73 Å². The van der Waals surface area contributed by atoms with Crippen molar-refractivity contribution in [3.8, 4) is 0 Å². The summed E-state index contributed by atoms with van der Waals surface area (Å²) < 4.78 is 0. The van der Waals surface area contributed by atoms with Gasteiger partial charge in [-0.2, -0.15) is 0 Å². The van der Waals surface area contributed by atoms with Gasteiger partial charge >= 0.3 is 0 Å². The maximum Gasteiger partial charge on any atom is 0.0658 e. The van der Waals surface area contributed by atoms with Crippen molar-refractivity contribution in [3.05, 3.63) is 29.3 Å². The molecular formula is C14H22N2. The summed E-state index contributed by atoms with van der Waals surface area (Å²) in [7, 11) is 0. The van der Waals surface area contributed by atoms with E-state index < -0.39 is 0 Å². The summed E-state index contributed by atoms with van der Waals surface area (Å²) in [5, 5.41) is 0. The van der Waals surface area contributed by atoms with Crippen LogP contribution in [-0.4, -0.2) is 5.71 Å². The van der Waals surface area contributed by atoms with E-state index in [0.29, 0.717) is 12.5 Å². The zero-order chi connectivity index (χ0) is 12.1. The Balaban J connectivity index is 2.88. The van der Waals surface area contributed by atoms with Crippen LogP contribution in [-0.2, 0) is 6.54 Å². The Bertz CT molecular complexity index is 378. The summed E-state index contributed by atoms with van der Waals surface area (Å²) in [6.07, 6.45) is 1.05. The molecule has 0 bridgehead atoms. The zero-order valence-electron chi connectivity index (χ0n) is 10.7. The van der Waals surface area contributed by atoms with Crippen molar-refractivity contribution >= 4 is 11.4 Å². The first-order valence-electron chi connectivity index (χ1n) is 5.86. The molecule has 2 nitrogen and oxygen atoms in total. The highest BCUT2D eigenvalue weighted by Crippen LogP contribution is 2.20. The number of aryl methyl sites for hydroxylation is 1. The number of nitrogens with zero attached hydrogens (tertiary/aromatic N) is 1. The second-order valence-electron chi connectivity index (χ2n) is 4.77. The van der Waals surface area contributed by atoms with Gasteiger partial charge in [0, 0.05) is 12.3 Å². The molecule has 88 valence electrons. The Labute approximate surface area is 98.6 Å². The minimum absolute atomic E-state index is 0.593. The van der Waals surface area contributed by atoms with Crippen LogP contribution in [0.4, 0.5) is 5.69 Å². The Morgan fingerprint density at radius 3 is 2.56 bits per heavy atom. The molecule has 0 saturated heterocycles. The maximum absolute atomic E-state index is 5.60. The summed E-state index contributed by atoms with van der Waals surface area (Å²) in [6, 6.07) is 6.22. The Kier molecular flexibility index (Phi) is 4.69. The number of rotatable bonds is 4. The van der Waals surface area contributed by atoms with Gasteiger partial charge < -0.3 is 5.73 Å². The second-order valence-corrected chi connectivity index (χ2v) is 4.77. The van der Waals surface area contributed by atoms with Crippen molar-refractivity contribution in [1.82, 2.24) is 0 Å². The molecule has 0 spiro atoms. The van der Waals surface area contributed by atoms with Crippen molar-refractivity contribution in [3.63, 3.8) is 0 Å².